The van der Waals surface area contributed by atoms with Gasteiger partial charge in [0.05, 0.1) is 25.4 Å². The molecule has 0 aliphatic carbocycles. The van der Waals surface area contributed by atoms with Crippen LogP contribution in [0.25, 0.3) is 0 Å². The van der Waals surface area contributed by atoms with Gasteiger partial charge in [-0.2, -0.15) is 0 Å². The molecule has 6 N–H and O–H groups in total. The van der Waals surface area contributed by atoms with Gasteiger partial charge in [0.2, 0.25) is 0 Å². The molecule has 2 rings (SSSR count). The summed E-state index contributed by atoms with van der Waals surface area (Å²) in [5.74, 6) is -1.28. The van der Waals surface area contributed by atoms with Gasteiger partial charge in [-0.15, -0.1) is 0 Å². The first-order chi connectivity index (χ1) is 10.8. The zero-order chi connectivity index (χ0) is 17.3. The average Bonchev–Trinajstić information content (AvgIpc) is 2.55. The first-order valence-electron chi connectivity index (χ1n) is 7.72. The van der Waals surface area contributed by atoms with Crippen LogP contribution in [-0.4, -0.2) is 93.1 Å². The summed E-state index contributed by atoms with van der Waals surface area (Å²) in [6.45, 7) is 2.17. The summed E-state index contributed by atoms with van der Waals surface area (Å²) in [6, 6.07) is 0. The number of rotatable bonds is 4. The van der Waals surface area contributed by atoms with Crippen LogP contribution < -0.4 is 0 Å². The maximum atomic E-state index is 10.3. The second-order valence-corrected chi connectivity index (χ2v) is 6.26. The second kappa shape index (κ2) is 10.1. The topological polar surface area (TPSA) is 149 Å². The Morgan fingerprint density at radius 3 is 1.84 bits per heavy atom. The Morgan fingerprint density at radius 2 is 1.32 bits per heavy atom. The van der Waals surface area contributed by atoms with Gasteiger partial charge in [-0.25, -0.2) is 0 Å². The Balaban J connectivity index is 0.00000288. The fourth-order valence-electron chi connectivity index (χ4n) is 2.91. The van der Waals surface area contributed by atoms with Crippen molar-refractivity contribution in [3.63, 3.8) is 0 Å². The van der Waals surface area contributed by atoms with Crippen molar-refractivity contribution in [2.24, 2.45) is 11.8 Å². The van der Waals surface area contributed by atoms with Crippen molar-refractivity contribution in [2.45, 2.75) is 77.9 Å². The first-order valence-corrected chi connectivity index (χ1v) is 7.72. The van der Waals surface area contributed by atoms with Crippen LogP contribution in [0.2, 0.25) is 0 Å². The molecule has 0 spiro atoms. The van der Waals surface area contributed by atoms with Gasteiger partial charge in [0, 0.05) is 11.8 Å². The third kappa shape index (κ3) is 4.88. The molecule has 152 valence electrons. The summed E-state index contributed by atoms with van der Waals surface area (Å²) in [4.78, 5) is 0. The molecule has 2 fully saturated rings. The molecule has 0 aromatic heterocycles. The van der Waals surface area contributed by atoms with Crippen LogP contribution in [0.4, 0.5) is 0 Å². The number of hydrogen-bond donors (Lipinski definition) is 6. The lowest BCUT2D eigenvalue weighted by Crippen LogP contribution is -2.60. The highest BCUT2D eigenvalue weighted by atomic mass is 16.7. The molecule has 2 saturated heterocycles. The second-order valence-electron chi connectivity index (χ2n) is 6.26. The summed E-state index contributed by atoms with van der Waals surface area (Å²) in [5.41, 5.74) is 0. The lowest BCUT2D eigenvalue weighted by atomic mass is 9.90. The third-order valence-corrected chi connectivity index (χ3v) is 4.66. The van der Waals surface area contributed by atoms with E-state index >= 15 is 0 Å². The Hall–Kier alpha value is -0.360. The molecule has 0 bridgehead atoms. The molecule has 9 nitrogen and oxygen atoms in total. The lowest BCUT2D eigenvalue weighted by Gasteiger charge is -2.46. The van der Waals surface area contributed by atoms with Crippen molar-refractivity contribution < 1.29 is 44.8 Å². The highest BCUT2D eigenvalue weighted by Gasteiger charge is 2.48. The fourth-order valence-corrected chi connectivity index (χ4v) is 2.91. The van der Waals surface area contributed by atoms with Crippen LogP contribution in [0.3, 0.4) is 0 Å². The Kier molecular flexibility index (Phi) is 9.95. The van der Waals surface area contributed by atoms with Crippen molar-refractivity contribution in [3.05, 3.63) is 0 Å². The minimum absolute atomic E-state index is 0. The molecule has 2 heterocycles. The van der Waals surface area contributed by atoms with Crippen LogP contribution in [0.15, 0.2) is 0 Å². The normalized spacial score (nSPS) is 47.5. The number of aliphatic hydroxyl groups is 6. The van der Waals surface area contributed by atoms with E-state index in [-0.39, 0.29) is 14.9 Å². The number of hydrogen-bond acceptors (Lipinski definition) is 9. The van der Waals surface area contributed by atoms with Gasteiger partial charge in [-0.3, -0.25) is 0 Å². The Morgan fingerprint density at radius 1 is 0.760 bits per heavy atom. The standard InChI is InChI=1S/C14H26O9.2CH4/c1-5-10(18)12(8(4-16)21-13(5)20)23-14-6(2)9(17)11(19)7(3-15)22-14;;/h5-20H,3-4H2,1-2H3;2*1H4/t5?,6-,7?,8?,9?,10-,11-,12?,13-,14?;;/m1../s1. The number of ether oxygens (including phenoxy) is 3. The third-order valence-electron chi connectivity index (χ3n) is 4.66. The molecular formula is C16H34O9. The molecular weight excluding hydrogens is 336 g/mol. The van der Waals surface area contributed by atoms with Crippen molar-refractivity contribution >= 4 is 0 Å². The summed E-state index contributed by atoms with van der Waals surface area (Å²) >= 11 is 0. The van der Waals surface area contributed by atoms with Gasteiger partial charge in [0.25, 0.3) is 0 Å². The van der Waals surface area contributed by atoms with E-state index in [0.29, 0.717) is 0 Å². The van der Waals surface area contributed by atoms with Crippen molar-refractivity contribution in [1.29, 1.82) is 0 Å². The maximum absolute atomic E-state index is 10.3. The predicted octanol–water partition coefficient (Wildman–Crippen LogP) is -1.57. The van der Waals surface area contributed by atoms with Crippen molar-refractivity contribution in [2.75, 3.05) is 13.2 Å². The summed E-state index contributed by atoms with van der Waals surface area (Å²) in [5, 5.41) is 58.4. The van der Waals surface area contributed by atoms with E-state index in [9.17, 15) is 30.6 Å². The zero-order valence-corrected chi connectivity index (χ0v) is 13.1. The van der Waals surface area contributed by atoms with Gasteiger partial charge in [-0.05, 0) is 0 Å². The highest BCUT2D eigenvalue weighted by molar-refractivity contribution is 4.91. The van der Waals surface area contributed by atoms with E-state index < -0.39 is 74.3 Å². The lowest BCUT2D eigenvalue weighted by molar-refractivity contribution is -0.340. The molecule has 0 aromatic rings. The molecule has 2 aliphatic rings. The smallest absolute Gasteiger partial charge is 0.163 e. The van der Waals surface area contributed by atoms with Crippen LogP contribution in [-0.2, 0) is 14.2 Å². The van der Waals surface area contributed by atoms with Crippen LogP contribution >= 0.6 is 0 Å². The quantitative estimate of drug-likeness (QED) is 0.345. The van der Waals surface area contributed by atoms with E-state index in [0.717, 1.165) is 0 Å². The minimum atomic E-state index is -1.25. The molecule has 0 saturated carbocycles. The van der Waals surface area contributed by atoms with Crippen molar-refractivity contribution in [1.82, 2.24) is 0 Å². The zero-order valence-electron chi connectivity index (χ0n) is 13.1. The molecule has 9 heteroatoms. The molecule has 0 aromatic carbocycles. The summed E-state index contributed by atoms with van der Waals surface area (Å²) < 4.78 is 16.3. The van der Waals surface area contributed by atoms with Crippen LogP contribution in [0.1, 0.15) is 28.7 Å². The first kappa shape index (κ1) is 24.6. The summed E-state index contributed by atoms with van der Waals surface area (Å²) in [6.07, 6.45) is -8.79. The SMILES string of the molecule is C.C.CC1[C@@H](O)C(OC2OC(CO)[C@@H](O)C(O)[C@H]2C)C(CO)O[C@H]1O. The molecule has 0 amide bonds. The molecule has 0 radical (unpaired) electrons. The van der Waals surface area contributed by atoms with Gasteiger partial charge in [-0.1, -0.05) is 28.7 Å². The van der Waals surface area contributed by atoms with E-state index in [4.69, 9.17) is 14.2 Å². The predicted molar refractivity (Wildman–Crippen MR) is 88.4 cm³/mol. The van der Waals surface area contributed by atoms with Crippen LogP contribution in [0.5, 0.6) is 0 Å². The van der Waals surface area contributed by atoms with Gasteiger partial charge in [0.1, 0.15) is 24.4 Å². The van der Waals surface area contributed by atoms with Crippen molar-refractivity contribution in [3.8, 4) is 0 Å². The molecule has 25 heavy (non-hydrogen) atoms. The van der Waals surface area contributed by atoms with Gasteiger partial charge >= 0.3 is 0 Å². The van der Waals surface area contributed by atoms with Gasteiger partial charge < -0.3 is 44.8 Å². The monoisotopic (exact) mass is 370 g/mol. The summed E-state index contributed by atoms with van der Waals surface area (Å²) in [7, 11) is 0. The van der Waals surface area contributed by atoms with E-state index in [1.54, 1.807) is 13.8 Å². The maximum Gasteiger partial charge on any atom is 0.163 e. The Bertz CT molecular complexity index is 379. The Labute approximate surface area is 148 Å². The minimum Gasteiger partial charge on any atom is -0.394 e. The van der Waals surface area contributed by atoms with Gasteiger partial charge in [0.15, 0.2) is 12.6 Å². The fraction of sp³-hybridized carbons (Fsp3) is 1.00. The molecule has 6 unspecified atom stereocenters. The van der Waals surface area contributed by atoms with E-state index in [1.807, 2.05) is 0 Å². The highest BCUT2D eigenvalue weighted by Crippen LogP contribution is 2.32. The largest absolute Gasteiger partial charge is 0.394 e. The van der Waals surface area contributed by atoms with E-state index in [2.05, 4.69) is 0 Å². The van der Waals surface area contributed by atoms with E-state index in [1.165, 1.54) is 0 Å². The average molecular weight is 370 g/mol. The molecule has 2 aliphatic heterocycles. The number of aliphatic hydroxyl groups excluding tert-OH is 6. The van der Waals surface area contributed by atoms with Crippen LogP contribution in [0, 0.1) is 11.8 Å². The molecule has 10 atom stereocenters.